The molecule has 0 atom stereocenters. The molecule has 0 fully saturated rings. The molecule has 0 aliphatic carbocycles. The van der Waals surface area contributed by atoms with E-state index in [1.807, 2.05) is 11.1 Å². The summed E-state index contributed by atoms with van der Waals surface area (Å²) in [6, 6.07) is 8.21. The molecule has 0 radical (unpaired) electrons. The van der Waals surface area contributed by atoms with E-state index in [4.69, 9.17) is 0 Å². The van der Waals surface area contributed by atoms with Gasteiger partial charge in [0.2, 0.25) is 0 Å². The van der Waals surface area contributed by atoms with Crippen molar-refractivity contribution in [2.75, 3.05) is 16.8 Å². The van der Waals surface area contributed by atoms with Crippen LogP contribution < -0.4 is 10.2 Å². The Bertz CT molecular complexity index is 1340. The monoisotopic (exact) mass is 475 g/mol. The summed E-state index contributed by atoms with van der Waals surface area (Å²) >= 11 is 0. The van der Waals surface area contributed by atoms with Crippen molar-refractivity contribution in [2.45, 2.75) is 18.8 Å². The summed E-state index contributed by atoms with van der Waals surface area (Å²) in [5.74, 6) is 0.558. The number of hydrogen-bond acceptors (Lipinski definition) is 5. The lowest BCUT2D eigenvalue weighted by molar-refractivity contribution is -0.143. The molecular weight excluding hydrogens is 460 g/mol. The summed E-state index contributed by atoms with van der Waals surface area (Å²) in [4.78, 5) is 6.05. The molecule has 0 saturated heterocycles. The Kier molecular flexibility index (Phi) is 5.07. The highest BCUT2D eigenvalue weighted by Crippen LogP contribution is 2.39. The Morgan fingerprint density at radius 2 is 1.50 bits per heavy atom. The normalized spacial score (nSPS) is 15.9. The topological polar surface area (TPSA) is 53.4 Å². The van der Waals surface area contributed by atoms with Crippen molar-refractivity contribution >= 4 is 34.3 Å². The van der Waals surface area contributed by atoms with Gasteiger partial charge in [0.05, 0.1) is 17.7 Å². The number of alkyl halides is 6. The van der Waals surface area contributed by atoms with E-state index in [1.54, 1.807) is 36.7 Å². The minimum atomic E-state index is -4.95. The van der Waals surface area contributed by atoms with Crippen LogP contribution in [0.3, 0.4) is 0 Å². The largest absolute Gasteiger partial charge is 0.416 e. The molecule has 0 amide bonds. The number of benzene rings is 2. The standard InChI is InChI=1S/C23H15F6N5/c24-22(25,26)15-7-16(23(27,28)29)9-17(8-15)31-20-18-3-1-2-4-19(18)21(33-32-20)34-11-13-5-6-30-10-14(13)12-34/h1-4,6-11H,5,12H2,(H,31,32). The lowest BCUT2D eigenvalue weighted by Crippen LogP contribution is -2.16. The van der Waals surface area contributed by atoms with E-state index in [9.17, 15) is 26.3 Å². The summed E-state index contributed by atoms with van der Waals surface area (Å²) in [7, 11) is 0. The predicted molar refractivity (Wildman–Crippen MR) is 116 cm³/mol. The van der Waals surface area contributed by atoms with Gasteiger partial charge in [-0.1, -0.05) is 24.3 Å². The average molecular weight is 475 g/mol. The Labute approximate surface area is 189 Å². The molecule has 34 heavy (non-hydrogen) atoms. The van der Waals surface area contributed by atoms with Crippen LogP contribution in [-0.2, 0) is 12.4 Å². The fourth-order valence-electron chi connectivity index (χ4n) is 3.90. The van der Waals surface area contributed by atoms with Crippen LogP contribution in [0.5, 0.6) is 0 Å². The van der Waals surface area contributed by atoms with E-state index in [0.29, 0.717) is 41.7 Å². The van der Waals surface area contributed by atoms with Crippen LogP contribution in [0.15, 0.2) is 71.0 Å². The first kappa shape index (κ1) is 21.9. The van der Waals surface area contributed by atoms with Gasteiger partial charge in [0.1, 0.15) is 0 Å². The lowest BCUT2D eigenvalue weighted by atomic mass is 10.1. The van der Waals surface area contributed by atoms with E-state index in [1.165, 1.54) is 0 Å². The first-order valence-electron chi connectivity index (χ1n) is 10.1. The summed E-state index contributed by atoms with van der Waals surface area (Å²) in [6.45, 7) is 0.528. The zero-order valence-electron chi connectivity index (χ0n) is 17.2. The van der Waals surface area contributed by atoms with Crippen molar-refractivity contribution in [3.63, 3.8) is 0 Å². The zero-order chi connectivity index (χ0) is 24.1. The Morgan fingerprint density at radius 3 is 2.15 bits per heavy atom. The van der Waals surface area contributed by atoms with Gasteiger partial charge in [-0.15, -0.1) is 10.2 Å². The maximum absolute atomic E-state index is 13.2. The number of fused-ring (bicyclic) bond motifs is 2. The van der Waals surface area contributed by atoms with Gasteiger partial charge in [-0.2, -0.15) is 26.3 Å². The van der Waals surface area contributed by atoms with Gasteiger partial charge in [-0.25, -0.2) is 0 Å². The van der Waals surface area contributed by atoms with Gasteiger partial charge in [0.15, 0.2) is 11.6 Å². The second kappa shape index (κ2) is 7.86. The summed E-state index contributed by atoms with van der Waals surface area (Å²) in [6.07, 6.45) is -3.72. The second-order valence-corrected chi connectivity index (χ2v) is 7.81. The Balaban J connectivity index is 1.55. The van der Waals surface area contributed by atoms with Crippen LogP contribution in [0.1, 0.15) is 17.5 Å². The number of rotatable bonds is 3. The van der Waals surface area contributed by atoms with Crippen molar-refractivity contribution in [2.24, 2.45) is 4.99 Å². The molecular formula is C23H15F6N5. The van der Waals surface area contributed by atoms with Crippen LogP contribution in [0.4, 0.5) is 43.7 Å². The van der Waals surface area contributed by atoms with Gasteiger partial charge >= 0.3 is 12.4 Å². The van der Waals surface area contributed by atoms with E-state index in [-0.39, 0.29) is 11.9 Å². The molecule has 0 spiro atoms. The molecule has 3 aromatic rings. The SMILES string of the molecule is FC(F)(F)c1cc(Nc2nnc(N3C=C4CC=NC=C4C3)c3ccccc23)cc(C(F)(F)F)c1. The summed E-state index contributed by atoms with van der Waals surface area (Å²) in [5.41, 5.74) is -1.10. The average Bonchev–Trinajstić information content (AvgIpc) is 3.22. The van der Waals surface area contributed by atoms with Gasteiger partial charge in [0, 0.05) is 41.5 Å². The highest BCUT2D eigenvalue weighted by Gasteiger charge is 2.37. The van der Waals surface area contributed by atoms with Crippen LogP contribution >= 0.6 is 0 Å². The van der Waals surface area contributed by atoms with Gasteiger partial charge in [-0.3, -0.25) is 4.99 Å². The fraction of sp³-hybridized carbons (Fsp3) is 0.174. The number of aromatic nitrogens is 2. The number of nitrogens with zero attached hydrogens (tertiary/aromatic N) is 4. The Morgan fingerprint density at radius 1 is 0.824 bits per heavy atom. The highest BCUT2D eigenvalue weighted by molar-refractivity contribution is 6.00. The molecule has 1 aromatic heterocycles. The zero-order valence-corrected chi connectivity index (χ0v) is 17.2. The number of anilines is 3. The van der Waals surface area contributed by atoms with E-state index in [2.05, 4.69) is 20.5 Å². The van der Waals surface area contributed by atoms with E-state index in [0.717, 1.165) is 11.1 Å². The first-order valence-corrected chi connectivity index (χ1v) is 10.1. The molecule has 3 heterocycles. The molecule has 0 bridgehead atoms. The van der Waals surface area contributed by atoms with E-state index < -0.39 is 29.2 Å². The second-order valence-electron chi connectivity index (χ2n) is 7.81. The number of aliphatic imine (C=N–C) groups is 1. The van der Waals surface area contributed by atoms with Crippen molar-refractivity contribution in [1.29, 1.82) is 0 Å². The van der Waals surface area contributed by atoms with Crippen LogP contribution in [0, 0.1) is 0 Å². The minimum absolute atomic E-state index is 0.0404. The molecule has 0 unspecified atom stereocenters. The number of hydrogen-bond donors (Lipinski definition) is 1. The van der Waals surface area contributed by atoms with Crippen molar-refractivity contribution < 1.29 is 26.3 Å². The molecule has 174 valence electrons. The molecule has 5 rings (SSSR count). The molecule has 1 N–H and O–H groups in total. The minimum Gasteiger partial charge on any atom is -0.338 e. The van der Waals surface area contributed by atoms with Crippen molar-refractivity contribution in [1.82, 2.24) is 10.2 Å². The van der Waals surface area contributed by atoms with E-state index >= 15 is 0 Å². The van der Waals surface area contributed by atoms with Gasteiger partial charge < -0.3 is 10.2 Å². The maximum atomic E-state index is 13.2. The highest BCUT2D eigenvalue weighted by atomic mass is 19.4. The summed E-state index contributed by atoms with van der Waals surface area (Å²) in [5, 5.41) is 12.1. The first-order chi connectivity index (χ1) is 16.1. The molecule has 0 saturated carbocycles. The predicted octanol–water partition coefficient (Wildman–Crippen LogP) is 6.47. The molecule has 2 aromatic carbocycles. The van der Waals surface area contributed by atoms with Crippen LogP contribution in [0.2, 0.25) is 0 Å². The Hall–Kier alpha value is -3.89. The fourth-order valence-corrected chi connectivity index (χ4v) is 3.90. The van der Waals surface area contributed by atoms with Crippen molar-refractivity contribution in [3.05, 3.63) is 77.1 Å². The molecule has 11 heteroatoms. The number of nitrogens with one attached hydrogen (secondary N) is 1. The maximum Gasteiger partial charge on any atom is 0.416 e. The van der Waals surface area contributed by atoms with Crippen molar-refractivity contribution in [3.8, 4) is 0 Å². The van der Waals surface area contributed by atoms with Crippen LogP contribution in [0.25, 0.3) is 10.8 Å². The molecule has 5 nitrogen and oxygen atoms in total. The van der Waals surface area contributed by atoms with Crippen LogP contribution in [-0.4, -0.2) is 23.0 Å². The smallest absolute Gasteiger partial charge is 0.338 e. The quantitative estimate of drug-likeness (QED) is 0.441. The van der Waals surface area contributed by atoms with Gasteiger partial charge in [-0.05, 0) is 29.3 Å². The molecule has 2 aliphatic rings. The third kappa shape index (κ3) is 4.09. The third-order valence-electron chi connectivity index (χ3n) is 5.50. The summed E-state index contributed by atoms with van der Waals surface area (Å²) < 4.78 is 79.4. The third-order valence-corrected chi connectivity index (χ3v) is 5.50. The lowest BCUT2D eigenvalue weighted by Gasteiger charge is -2.18. The number of halogens is 6. The molecule has 2 aliphatic heterocycles. The van der Waals surface area contributed by atoms with Gasteiger partial charge in [0.25, 0.3) is 0 Å².